The number of sulfone groups is 1. The minimum atomic E-state index is -3.60. The topological polar surface area (TPSA) is 119 Å². The normalized spacial score (nSPS) is 11.1. The van der Waals surface area contributed by atoms with E-state index in [1.165, 1.54) is 36.4 Å². The SMILES string of the molecule is CS(=O)(=O)c1ccc(C(=O)Nc2cccc(-c3ccccn3)c2)c(-c2cc(Cl)ccc2C(N)=O)c1. The largest absolute Gasteiger partial charge is 0.366 e. The van der Waals surface area contributed by atoms with Crippen LogP contribution in [0.1, 0.15) is 20.7 Å². The van der Waals surface area contributed by atoms with Crippen molar-refractivity contribution < 1.29 is 18.0 Å². The van der Waals surface area contributed by atoms with Gasteiger partial charge in [-0.1, -0.05) is 29.8 Å². The Balaban J connectivity index is 1.80. The number of anilines is 1. The Morgan fingerprint density at radius 3 is 2.31 bits per heavy atom. The first kappa shape index (κ1) is 24.1. The molecule has 0 aliphatic heterocycles. The van der Waals surface area contributed by atoms with E-state index < -0.39 is 21.7 Å². The van der Waals surface area contributed by atoms with Crippen LogP contribution in [0.4, 0.5) is 5.69 Å². The lowest BCUT2D eigenvalue weighted by molar-refractivity contribution is 0.0997. The molecule has 0 atom stereocenters. The van der Waals surface area contributed by atoms with Gasteiger partial charge in [0.25, 0.3) is 5.91 Å². The Morgan fingerprint density at radius 2 is 1.63 bits per heavy atom. The van der Waals surface area contributed by atoms with Crippen LogP contribution in [0.15, 0.2) is 90.0 Å². The Hall–Kier alpha value is -4.01. The summed E-state index contributed by atoms with van der Waals surface area (Å²) in [6.45, 7) is 0. The van der Waals surface area contributed by atoms with E-state index in [-0.39, 0.29) is 27.1 Å². The lowest BCUT2D eigenvalue weighted by Gasteiger charge is -2.15. The van der Waals surface area contributed by atoms with Gasteiger partial charge in [-0.2, -0.15) is 0 Å². The molecule has 0 radical (unpaired) electrons. The van der Waals surface area contributed by atoms with Gasteiger partial charge in [-0.15, -0.1) is 0 Å². The van der Waals surface area contributed by atoms with Crippen LogP contribution >= 0.6 is 11.6 Å². The fourth-order valence-corrected chi connectivity index (χ4v) is 4.44. The van der Waals surface area contributed by atoms with Crippen molar-refractivity contribution in [3.63, 3.8) is 0 Å². The molecule has 0 aliphatic rings. The summed E-state index contributed by atoms with van der Waals surface area (Å²) in [6, 6.07) is 21.2. The van der Waals surface area contributed by atoms with E-state index in [9.17, 15) is 18.0 Å². The minimum absolute atomic E-state index is 0.0170. The second kappa shape index (κ2) is 9.69. The molecule has 0 fully saturated rings. The second-order valence-corrected chi connectivity index (χ2v) is 10.2. The van der Waals surface area contributed by atoms with Gasteiger partial charge in [0.15, 0.2) is 9.84 Å². The summed E-state index contributed by atoms with van der Waals surface area (Å²) in [5.41, 5.74) is 8.31. The van der Waals surface area contributed by atoms with Crippen LogP contribution in [0.25, 0.3) is 22.4 Å². The molecule has 0 unspecified atom stereocenters. The van der Waals surface area contributed by atoms with Crippen molar-refractivity contribution in [3.05, 3.63) is 101 Å². The summed E-state index contributed by atoms with van der Waals surface area (Å²) < 4.78 is 24.4. The van der Waals surface area contributed by atoms with E-state index in [2.05, 4.69) is 10.3 Å². The molecule has 4 aromatic rings. The zero-order chi connectivity index (χ0) is 25.2. The maximum absolute atomic E-state index is 13.4. The summed E-state index contributed by atoms with van der Waals surface area (Å²) in [5.74, 6) is -1.25. The smallest absolute Gasteiger partial charge is 0.256 e. The zero-order valence-electron chi connectivity index (χ0n) is 18.5. The molecule has 0 spiro atoms. The van der Waals surface area contributed by atoms with E-state index in [0.29, 0.717) is 10.7 Å². The van der Waals surface area contributed by atoms with Crippen LogP contribution in [0.5, 0.6) is 0 Å². The molecular weight excluding hydrogens is 486 g/mol. The first-order valence-corrected chi connectivity index (χ1v) is 12.7. The van der Waals surface area contributed by atoms with Crippen LogP contribution in [0.2, 0.25) is 5.02 Å². The Bertz CT molecular complexity index is 1550. The van der Waals surface area contributed by atoms with Gasteiger partial charge < -0.3 is 11.1 Å². The van der Waals surface area contributed by atoms with Crippen molar-refractivity contribution in [3.8, 4) is 22.4 Å². The van der Waals surface area contributed by atoms with Gasteiger partial charge >= 0.3 is 0 Å². The van der Waals surface area contributed by atoms with Gasteiger partial charge in [-0.25, -0.2) is 8.42 Å². The summed E-state index contributed by atoms with van der Waals surface area (Å²) in [4.78, 5) is 29.8. The van der Waals surface area contributed by atoms with Crippen molar-refractivity contribution >= 4 is 38.9 Å². The molecule has 1 aromatic heterocycles. The number of amides is 2. The van der Waals surface area contributed by atoms with Crippen LogP contribution in [0.3, 0.4) is 0 Å². The van der Waals surface area contributed by atoms with E-state index in [1.54, 1.807) is 24.4 Å². The van der Waals surface area contributed by atoms with Gasteiger partial charge in [-0.3, -0.25) is 14.6 Å². The molecule has 0 bridgehead atoms. The number of aromatic nitrogens is 1. The number of halogens is 1. The number of carbonyl (C=O) groups is 2. The first-order chi connectivity index (χ1) is 16.6. The highest BCUT2D eigenvalue weighted by Crippen LogP contribution is 2.32. The zero-order valence-corrected chi connectivity index (χ0v) is 20.1. The Kier molecular flexibility index (Phi) is 6.68. The third kappa shape index (κ3) is 5.40. The number of primary amides is 1. The fourth-order valence-electron chi connectivity index (χ4n) is 3.62. The summed E-state index contributed by atoms with van der Waals surface area (Å²) >= 11 is 6.16. The molecule has 1 heterocycles. The number of hydrogen-bond acceptors (Lipinski definition) is 5. The lowest BCUT2D eigenvalue weighted by Crippen LogP contribution is -2.16. The van der Waals surface area contributed by atoms with Crippen molar-refractivity contribution in [2.24, 2.45) is 5.73 Å². The molecular formula is C26H20ClN3O4S. The van der Waals surface area contributed by atoms with E-state index in [0.717, 1.165) is 17.5 Å². The van der Waals surface area contributed by atoms with Crippen molar-refractivity contribution in [1.82, 2.24) is 4.98 Å². The molecule has 176 valence electrons. The molecule has 4 rings (SSSR count). The molecule has 35 heavy (non-hydrogen) atoms. The minimum Gasteiger partial charge on any atom is -0.366 e. The summed E-state index contributed by atoms with van der Waals surface area (Å²) in [6.07, 6.45) is 2.74. The van der Waals surface area contributed by atoms with E-state index >= 15 is 0 Å². The fraction of sp³-hybridized carbons (Fsp3) is 0.0385. The first-order valence-electron chi connectivity index (χ1n) is 10.4. The van der Waals surface area contributed by atoms with Crippen LogP contribution in [-0.4, -0.2) is 31.5 Å². The molecule has 0 saturated heterocycles. The molecule has 0 aliphatic carbocycles. The van der Waals surface area contributed by atoms with E-state index in [4.69, 9.17) is 17.3 Å². The molecule has 7 nitrogen and oxygen atoms in total. The average molecular weight is 506 g/mol. The number of benzene rings is 3. The number of rotatable bonds is 6. The number of pyridine rings is 1. The standard InChI is InChI=1S/C26H20ClN3O4S/c1-35(33,34)19-9-11-21(23(15-19)22-14-17(27)8-10-20(22)25(28)31)26(32)30-18-6-4-5-16(13-18)24-7-2-3-12-29-24/h2-15H,1H3,(H2,28,31)(H,30,32). The monoisotopic (exact) mass is 505 g/mol. The number of nitrogens with zero attached hydrogens (tertiary/aromatic N) is 1. The van der Waals surface area contributed by atoms with Crippen molar-refractivity contribution in [2.45, 2.75) is 4.90 Å². The quantitative estimate of drug-likeness (QED) is 0.389. The highest BCUT2D eigenvalue weighted by molar-refractivity contribution is 7.90. The number of nitrogens with one attached hydrogen (secondary N) is 1. The third-order valence-electron chi connectivity index (χ3n) is 5.28. The summed E-state index contributed by atoms with van der Waals surface area (Å²) in [5, 5.41) is 3.13. The Morgan fingerprint density at radius 1 is 0.886 bits per heavy atom. The van der Waals surface area contributed by atoms with Crippen LogP contribution < -0.4 is 11.1 Å². The van der Waals surface area contributed by atoms with E-state index in [1.807, 2.05) is 24.3 Å². The highest BCUT2D eigenvalue weighted by atomic mass is 35.5. The predicted molar refractivity (Wildman–Crippen MR) is 136 cm³/mol. The molecule has 0 saturated carbocycles. The number of hydrogen-bond donors (Lipinski definition) is 2. The van der Waals surface area contributed by atoms with Crippen LogP contribution in [0, 0.1) is 0 Å². The number of nitrogens with two attached hydrogens (primary N) is 1. The van der Waals surface area contributed by atoms with Gasteiger partial charge in [0.1, 0.15) is 0 Å². The molecule has 3 aromatic carbocycles. The maximum Gasteiger partial charge on any atom is 0.256 e. The third-order valence-corrected chi connectivity index (χ3v) is 6.63. The predicted octanol–water partition coefficient (Wildman–Crippen LogP) is 4.82. The van der Waals surface area contributed by atoms with Gasteiger partial charge in [0.05, 0.1) is 10.6 Å². The maximum atomic E-state index is 13.4. The Labute approximate surface area is 207 Å². The molecule has 9 heteroatoms. The molecule has 3 N–H and O–H groups in total. The average Bonchev–Trinajstić information content (AvgIpc) is 2.83. The van der Waals surface area contributed by atoms with Gasteiger partial charge in [0, 0.05) is 39.9 Å². The highest BCUT2D eigenvalue weighted by Gasteiger charge is 2.21. The molecule has 2 amide bonds. The second-order valence-electron chi connectivity index (χ2n) is 7.78. The van der Waals surface area contributed by atoms with Crippen LogP contribution in [-0.2, 0) is 9.84 Å². The summed E-state index contributed by atoms with van der Waals surface area (Å²) in [7, 11) is -3.60. The lowest BCUT2D eigenvalue weighted by atomic mass is 9.94. The van der Waals surface area contributed by atoms with Crippen molar-refractivity contribution in [1.29, 1.82) is 0 Å². The van der Waals surface area contributed by atoms with Gasteiger partial charge in [0.2, 0.25) is 5.91 Å². The van der Waals surface area contributed by atoms with Gasteiger partial charge in [-0.05, 0) is 71.8 Å². The van der Waals surface area contributed by atoms with Crippen molar-refractivity contribution in [2.75, 3.05) is 11.6 Å². The number of carbonyl (C=O) groups excluding carboxylic acids is 2.